The van der Waals surface area contributed by atoms with Crippen LogP contribution < -0.4 is 0 Å². The van der Waals surface area contributed by atoms with Crippen molar-refractivity contribution < 1.29 is 19.7 Å². The van der Waals surface area contributed by atoms with E-state index in [4.69, 9.17) is 4.74 Å². The molecule has 24 heavy (non-hydrogen) atoms. The predicted molar refractivity (Wildman–Crippen MR) is 89.2 cm³/mol. The summed E-state index contributed by atoms with van der Waals surface area (Å²) in [6, 6.07) is 10.6. The van der Waals surface area contributed by atoms with Gasteiger partial charge in [0, 0.05) is 12.6 Å². The van der Waals surface area contributed by atoms with Gasteiger partial charge in [-0.05, 0) is 38.4 Å². The summed E-state index contributed by atoms with van der Waals surface area (Å²) in [6.07, 6.45) is 0. The highest BCUT2D eigenvalue weighted by Gasteiger charge is 2.12. The number of esters is 1. The summed E-state index contributed by atoms with van der Waals surface area (Å²) in [4.78, 5) is 14.1. The third-order valence-electron chi connectivity index (χ3n) is 3.12. The first-order valence-electron chi connectivity index (χ1n) is 7.32. The zero-order chi connectivity index (χ0) is 17.5. The molecule has 0 saturated heterocycles. The van der Waals surface area contributed by atoms with Crippen LogP contribution >= 0.6 is 0 Å². The Morgan fingerprint density at radius 2 is 1.79 bits per heavy atom. The Morgan fingerprint density at radius 3 is 2.50 bits per heavy atom. The van der Waals surface area contributed by atoms with Gasteiger partial charge < -0.3 is 19.8 Å². The fourth-order valence-corrected chi connectivity index (χ4v) is 1.84. The first kappa shape index (κ1) is 17.4. The Bertz CT molecular complexity index is 744. The Balaban J connectivity index is 2.16. The molecule has 0 fully saturated rings. The van der Waals surface area contributed by atoms with Crippen molar-refractivity contribution in [2.24, 2.45) is 10.2 Å². The Labute approximate surface area is 139 Å². The number of hydrogen-bond acceptors (Lipinski definition) is 7. The molecule has 2 rings (SSSR count). The Morgan fingerprint density at radius 1 is 1.08 bits per heavy atom. The van der Waals surface area contributed by atoms with Crippen molar-refractivity contribution in [1.29, 1.82) is 0 Å². The van der Waals surface area contributed by atoms with E-state index in [0.717, 1.165) is 6.07 Å². The maximum atomic E-state index is 12.1. The second-order valence-corrected chi connectivity index (χ2v) is 5.33. The molecule has 0 atom stereocenters. The van der Waals surface area contributed by atoms with Gasteiger partial charge in [-0.1, -0.05) is 12.1 Å². The maximum absolute atomic E-state index is 12.1. The van der Waals surface area contributed by atoms with Crippen LogP contribution in [0.4, 0.5) is 11.4 Å². The van der Waals surface area contributed by atoms with Gasteiger partial charge in [0.15, 0.2) is 0 Å². The summed E-state index contributed by atoms with van der Waals surface area (Å²) in [5, 5.41) is 26.9. The lowest BCUT2D eigenvalue weighted by Gasteiger charge is -2.10. The molecule has 0 amide bonds. The molecule has 7 nitrogen and oxygen atoms in total. The molecule has 0 aliphatic carbocycles. The van der Waals surface area contributed by atoms with Gasteiger partial charge in [-0.25, -0.2) is 4.79 Å². The molecule has 0 heterocycles. The van der Waals surface area contributed by atoms with Gasteiger partial charge in [0.05, 0.1) is 5.56 Å². The third-order valence-corrected chi connectivity index (χ3v) is 3.12. The molecule has 0 unspecified atom stereocenters. The fourth-order valence-electron chi connectivity index (χ4n) is 1.84. The minimum atomic E-state index is -0.485. The number of benzene rings is 2. The number of phenolic OH excluding ortho intramolecular Hbond substituents is 2. The molecule has 2 aromatic carbocycles. The molecule has 0 bridgehead atoms. The topological polar surface area (TPSA) is 94.7 Å². The minimum absolute atomic E-state index is 0.0729. The number of nitrogens with zero attached hydrogens (tertiary/aromatic N) is 3. The van der Waals surface area contributed by atoms with Crippen molar-refractivity contribution in [3.8, 4) is 11.5 Å². The molecule has 0 aromatic heterocycles. The lowest BCUT2D eigenvalue weighted by atomic mass is 10.2. The zero-order valence-corrected chi connectivity index (χ0v) is 13.5. The largest absolute Gasteiger partial charge is 0.508 e. The number of ether oxygens (including phenoxy) is 1. The van der Waals surface area contributed by atoms with E-state index >= 15 is 0 Å². The number of hydrogen-bond donors (Lipinski definition) is 2. The van der Waals surface area contributed by atoms with Crippen LogP contribution in [0.2, 0.25) is 0 Å². The van der Waals surface area contributed by atoms with Crippen LogP contribution in [0.5, 0.6) is 11.5 Å². The maximum Gasteiger partial charge on any atom is 0.340 e. The van der Waals surface area contributed by atoms with Crippen molar-refractivity contribution >= 4 is 17.3 Å². The molecular weight excluding hydrogens is 310 g/mol. The molecule has 0 saturated carbocycles. The van der Waals surface area contributed by atoms with Gasteiger partial charge in [-0.15, -0.1) is 10.2 Å². The zero-order valence-electron chi connectivity index (χ0n) is 13.5. The summed E-state index contributed by atoms with van der Waals surface area (Å²) < 4.78 is 5.21. The van der Waals surface area contributed by atoms with Crippen molar-refractivity contribution in [3.05, 3.63) is 48.0 Å². The van der Waals surface area contributed by atoms with Crippen LogP contribution in [-0.2, 0) is 4.74 Å². The van der Waals surface area contributed by atoms with E-state index < -0.39 is 5.97 Å². The second kappa shape index (κ2) is 8.07. The van der Waals surface area contributed by atoms with Gasteiger partial charge in [0.2, 0.25) is 0 Å². The molecule has 2 aromatic rings. The summed E-state index contributed by atoms with van der Waals surface area (Å²) in [6.45, 7) is 0.896. The average molecular weight is 329 g/mol. The molecule has 0 aliphatic heterocycles. The molecule has 0 radical (unpaired) electrons. The number of carbonyl (C=O) groups excluding carboxylic acids is 1. The van der Waals surface area contributed by atoms with Gasteiger partial charge in [-0.2, -0.15) is 0 Å². The summed E-state index contributed by atoms with van der Waals surface area (Å²) >= 11 is 0. The number of likely N-dealkylation sites (N-methyl/N-ethyl adjacent to an activating group) is 1. The average Bonchev–Trinajstić information content (AvgIpc) is 2.54. The van der Waals surface area contributed by atoms with E-state index in [0.29, 0.717) is 17.8 Å². The van der Waals surface area contributed by atoms with Crippen molar-refractivity contribution in [1.82, 2.24) is 4.90 Å². The Kier molecular flexibility index (Phi) is 5.86. The van der Waals surface area contributed by atoms with E-state index in [1.165, 1.54) is 12.1 Å². The number of azo groups is 1. The monoisotopic (exact) mass is 329 g/mol. The predicted octanol–water partition coefficient (Wildman–Crippen LogP) is 3.23. The molecular formula is C17H19N3O4. The number of carbonyl (C=O) groups is 1. The number of aromatic hydroxyl groups is 2. The molecule has 0 aliphatic rings. The molecule has 0 spiro atoms. The van der Waals surface area contributed by atoms with E-state index in [-0.39, 0.29) is 23.8 Å². The van der Waals surface area contributed by atoms with E-state index in [1.807, 2.05) is 19.0 Å². The minimum Gasteiger partial charge on any atom is -0.508 e. The molecule has 126 valence electrons. The Hall–Kier alpha value is -2.93. The smallest absolute Gasteiger partial charge is 0.340 e. The van der Waals surface area contributed by atoms with Crippen LogP contribution in [0.25, 0.3) is 0 Å². The molecule has 2 N–H and O–H groups in total. The fraction of sp³-hybridized carbons (Fsp3) is 0.235. The van der Waals surface area contributed by atoms with Crippen LogP contribution in [0, 0.1) is 0 Å². The van der Waals surface area contributed by atoms with Crippen LogP contribution in [0.1, 0.15) is 10.4 Å². The van der Waals surface area contributed by atoms with Crippen molar-refractivity contribution in [2.75, 3.05) is 27.2 Å². The molecule has 7 heteroatoms. The van der Waals surface area contributed by atoms with Crippen LogP contribution in [0.3, 0.4) is 0 Å². The first-order chi connectivity index (χ1) is 11.5. The summed E-state index contributed by atoms with van der Waals surface area (Å²) in [7, 11) is 3.78. The normalized spacial score (nSPS) is 11.1. The third kappa shape index (κ3) is 4.79. The van der Waals surface area contributed by atoms with Crippen molar-refractivity contribution in [2.45, 2.75) is 0 Å². The van der Waals surface area contributed by atoms with Gasteiger partial charge in [0.25, 0.3) is 0 Å². The lowest BCUT2D eigenvalue weighted by Crippen LogP contribution is -2.20. The quantitative estimate of drug-likeness (QED) is 0.627. The lowest BCUT2D eigenvalue weighted by molar-refractivity contribution is 0.0483. The van der Waals surface area contributed by atoms with E-state index in [1.54, 1.807) is 24.3 Å². The van der Waals surface area contributed by atoms with Crippen molar-refractivity contribution in [3.63, 3.8) is 0 Å². The van der Waals surface area contributed by atoms with Gasteiger partial charge in [0.1, 0.15) is 29.5 Å². The highest BCUT2D eigenvalue weighted by atomic mass is 16.5. The van der Waals surface area contributed by atoms with Gasteiger partial charge >= 0.3 is 5.97 Å². The number of phenols is 2. The highest BCUT2D eigenvalue weighted by molar-refractivity contribution is 5.94. The van der Waals surface area contributed by atoms with E-state index in [9.17, 15) is 15.0 Å². The summed E-state index contributed by atoms with van der Waals surface area (Å²) in [5.41, 5.74) is 0.807. The summed E-state index contributed by atoms with van der Waals surface area (Å²) in [5.74, 6) is -0.762. The SMILES string of the molecule is CN(C)CCOC(=O)c1ccccc1N=Nc1ccc(O)cc1O. The number of rotatable bonds is 6. The standard InChI is InChI=1S/C17H19N3O4/c1-20(2)9-10-24-17(23)13-5-3-4-6-14(13)18-19-15-8-7-12(21)11-16(15)22/h3-8,11,21-22H,9-10H2,1-2H3. The first-order valence-corrected chi connectivity index (χ1v) is 7.32. The van der Waals surface area contributed by atoms with E-state index in [2.05, 4.69) is 10.2 Å². The van der Waals surface area contributed by atoms with Crippen LogP contribution in [-0.4, -0.2) is 48.3 Å². The highest BCUT2D eigenvalue weighted by Crippen LogP contribution is 2.31. The second-order valence-electron chi connectivity index (χ2n) is 5.33. The van der Waals surface area contributed by atoms with Gasteiger partial charge in [-0.3, -0.25) is 0 Å². The van der Waals surface area contributed by atoms with Crippen LogP contribution in [0.15, 0.2) is 52.7 Å².